The number of hydrogen-bond acceptors (Lipinski definition) is 3. The van der Waals surface area contributed by atoms with Gasteiger partial charge in [-0.05, 0) is 51.0 Å². The van der Waals surface area contributed by atoms with Crippen LogP contribution in [0.4, 0.5) is 11.4 Å². The van der Waals surface area contributed by atoms with Gasteiger partial charge in [0.1, 0.15) is 0 Å². The summed E-state index contributed by atoms with van der Waals surface area (Å²) in [7, 11) is -3.53. The highest BCUT2D eigenvalue weighted by Crippen LogP contribution is 2.24. The first-order chi connectivity index (χ1) is 7.71. The minimum absolute atomic E-state index is 0.151. The fourth-order valence-corrected chi connectivity index (χ4v) is 2.90. The number of rotatable bonds is 4. The van der Waals surface area contributed by atoms with Crippen molar-refractivity contribution >= 4 is 21.6 Å². The molecule has 17 heavy (non-hydrogen) atoms. The Hall–Kier alpha value is -1.27. The van der Waals surface area contributed by atoms with Crippen LogP contribution >= 0.6 is 0 Å². The zero-order valence-corrected chi connectivity index (χ0v) is 11.4. The van der Waals surface area contributed by atoms with Gasteiger partial charge in [-0.3, -0.25) is 4.72 Å². The molecule has 0 saturated heterocycles. The highest BCUT2D eigenvalue weighted by molar-refractivity contribution is 7.90. The Balaban J connectivity index is 3.04. The number of anilines is 2. The van der Waals surface area contributed by atoms with Crippen molar-refractivity contribution in [1.29, 1.82) is 0 Å². The van der Waals surface area contributed by atoms with Crippen LogP contribution in [0.2, 0.25) is 0 Å². The molecule has 0 amide bonds. The minimum atomic E-state index is -3.53. The normalized spacial score (nSPS) is 11.8. The Morgan fingerprint density at radius 3 is 2.06 bits per heavy atom. The molecule has 5 nitrogen and oxygen atoms in total. The molecular formula is C11H19N3O2S. The molecule has 0 bridgehead atoms. The lowest BCUT2D eigenvalue weighted by molar-refractivity contribution is 0.575. The predicted octanol–water partition coefficient (Wildman–Crippen LogP) is 1.54. The van der Waals surface area contributed by atoms with Crippen LogP contribution in [-0.4, -0.2) is 14.5 Å². The maximum Gasteiger partial charge on any atom is 0.299 e. The summed E-state index contributed by atoms with van der Waals surface area (Å²) in [6.45, 7) is 7.16. The number of hydrogen-bond donors (Lipinski definition) is 3. The molecule has 96 valence electrons. The van der Waals surface area contributed by atoms with E-state index in [4.69, 9.17) is 5.73 Å². The molecule has 0 heterocycles. The average Bonchev–Trinajstić information content (AvgIpc) is 2.09. The van der Waals surface area contributed by atoms with E-state index in [-0.39, 0.29) is 6.04 Å². The van der Waals surface area contributed by atoms with E-state index >= 15 is 0 Å². The number of aryl methyl sites for hydroxylation is 2. The minimum Gasteiger partial charge on any atom is -0.399 e. The molecule has 0 aliphatic heterocycles. The first-order valence-corrected chi connectivity index (χ1v) is 6.86. The zero-order valence-electron chi connectivity index (χ0n) is 10.5. The van der Waals surface area contributed by atoms with Gasteiger partial charge in [0.15, 0.2) is 0 Å². The van der Waals surface area contributed by atoms with Gasteiger partial charge in [0.05, 0.1) is 5.69 Å². The number of nitrogen functional groups attached to an aromatic ring is 1. The van der Waals surface area contributed by atoms with Crippen LogP contribution in [0, 0.1) is 13.8 Å². The van der Waals surface area contributed by atoms with Crippen LogP contribution in [0.3, 0.4) is 0 Å². The molecule has 0 unspecified atom stereocenters. The third kappa shape index (κ3) is 3.90. The maximum atomic E-state index is 11.7. The Kier molecular flexibility index (Phi) is 4.00. The standard InChI is InChI=1S/C11H19N3O2S/c1-7(2)13-17(15,16)14-11-8(3)5-10(12)6-9(11)4/h5-7,13-14H,12H2,1-4H3. The first kappa shape index (κ1) is 13.8. The van der Waals surface area contributed by atoms with Crippen LogP contribution in [0.15, 0.2) is 12.1 Å². The lowest BCUT2D eigenvalue weighted by atomic mass is 10.1. The van der Waals surface area contributed by atoms with Gasteiger partial charge >= 0.3 is 0 Å². The largest absolute Gasteiger partial charge is 0.399 e. The van der Waals surface area contributed by atoms with Crippen LogP contribution < -0.4 is 15.2 Å². The van der Waals surface area contributed by atoms with Crippen molar-refractivity contribution in [3.63, 3.8) is 0 Å². The van der Waals surface area contributed by atoms with Crippen LogP contribution in [0.1, 0.15) is 25.0 Å². The predicted molar refractivity (Wildman–Crippen MR) is 71.1 cm³/mol. The van der Waals surface area contributed by atoms with Crippen molar-refractivity contribution < 1.29 is 8.42 Å². The SMILES string of the molecule is Cc1cc(N)cc(C)c1NS(=O)(=O)NC(C)C. The van der Waals surface area contributed by atoms with Gasteiger partial charge in [0, 0.05) is 11.7 Å². The van der Waals surface area contributed by atoms with E-state index in [0.29, 0.717) is 11.4 Å². The highest BCUT2D eigenvalue weighted by atomic mass is 32.2. The quantitative estimate of drug-likeness (QED) is 0.715. The van der Waals surface area contributed by atoms with Crippen molar-refractivity contribution in [3.8, 4) is 0 Å². The Morgan fingerprint density at radius 2 is 1.65 bits per heavy atom. The Morgan fingerprint density at radius 1 is 1.18 bits per heavy atom. The molecule has 0 spiro atoms. The van der Waals surface area contributed by atoms with Gasteiger partial charge in [0.25, 0.3) is 10.2 Å². The summed E-state index contributed by atoms with van der Waals surface area (Å²) in [5.41, 5.74) is 8.49. The molecule has 0 radical (unpaired) electrons. The summed E-state index contributed by atoms with van der Waals surface area (Å²) >= 11 is 0. The third-order valence-corrected chi connectivity index (χ3v) is 3.44. The lowest BCUT2D eigenvalue weighted by Gasteiger charge is -2.15. The first-order valence-electron chi connectivity index (χ1n) is 5.38. The van der Waals surface area contributed by atoms with Gasteiger partial charge in [0.2, 0.25) is 0 Å². The van der Waals surface area contributed by atoms with E-state index in [2.05, 4.69) is 9.44 Å². The summed E-state index contributed by atoms with van der Waals surface area (Å²) in [5.74, 6) is 0. The average molecular weight is 257 g/mol. The molecule has 0 saturated carbocycles. The van der Waals surface area contributed by atoms with E-state index in [0.717, 1.165) is 11.1 Å². The molecule has 0 atom stereocenters. The van der Waals surface area contributed by atoms with Crippen molar-refractivity contribution in [2.24, 2.45) is 0 Å². The van der Waals surface area contributed by atoms with Gasteiger partial charge < -0.3 is 5.73 Å². The summed E-state index contributed by atoms with van der Waals surface area (Å²) in [6, 6.07) is 3.32. The molecular weight excluding hydrogens is 238 g/mol. The molecule has 1 aromatic carbocycles. The van der Waals surface area contributed by atoms with Crippen molar-refractivity contribution in [3.05, 3.63) is 23.3 Å². The van der Waals surface area contributed by atoms with E-state index in [1.807, 2.05) is 13.8 Å². The zero-order chi connectivity index (χ0) is 13.2. The van der Waals surface area contributed by atoms with E-state index in [9.17, 15) is 8.42 Å². The van der Waals surface area contributed by atoms with Gasteiger partial charge in [-0.15, -0.1) is 0 Å². The summed E-state index contributed by atoms with van der Waals surface area (Å²) in [5, 5.41) is 0. The monoisotopic (exact) mass is 257 g/mol. The molecule has 6 heteroatoms. The Labute approximate surface area is 103 Å². The van der Waals surface area contributed by atoms with E-state index in [1.165, 1.54) is 0 Å². The second kappa shape index (κ2) is 4.93. The molecule has 1 rings (SSSR count). The number of nitrogens with one attached hydrogen (secondary N) is 2. The highest BCUT2D eigenvalue weighted by Gasteiger charge is 2.14. The third-order valence-electron chi connectivity index (χ3n) is 2.18. The fourth-order valence-electron chi connectivity index (χ4n) is 1.63. The smallest absolute Gasteiger partial charge is 0.299 e. The van der Waals surface area contributed by atoms with Gasteiger partial charge in [-0.1, -0.05) is 0 Å². The molecule has 0 aliphatic carbocycles. The topological polar surface area (TPSA) is 84.2 Å². The molecule has 4 N–H and O–H groups in total. The molecule has 0 fully saturated rings. The van der Waals surface area contributed by atoms with Crippen LogP contribution in [-0.2, 0) is 10.2 Å². The second-order valence-corrected chi connectivity index (χ2v) is 5.85. The van der Waals surface area contributed by atoms with E-state index in [1.54, 1.807) is 26.0 Å². The lowest BCUT2D eigenvalue weighted by Crippen LogP contribution is -2.35. The van der Waals surface area contributed by atoms with Crippen molar-refractivity contribution in [1.82, 2.24) is 4.72 Å². The number of nitrogens with two attached hydrogens (primary N) is 1. The fraction of sp³-hybridized carbons (Fsp3) is 0.455. The van der Waals surface area contributed by atoms with Crippen molar-refractivity contribution in [2.75, 3.05) is 10.5 Å². The summed E-state index contributed by atoms with van der Waals surface area (Å²) in [6.07, 6.45) is 0. The Bertz CT molecular complexity index is 486. The summed E-state index contributed by atoms with van der Waals surface area (Å²) < 4.78 is 28.5. The van der Waals surface area contributed by atoms with Gasteiger partial charge in [-0.2, -0.15) is 13.1 Å². The molecule has 1 aromatic rings. The number of benzene rings is 1. The molecule has 0 aliphatic rings. The van der Waals surface area contributed by atoms with Crippen molar-refractivity contribution in [2.45, 2.75) is 33.7 Å². The van der Waals surface area contributed by atoms with Crippen LogP contribution in [0.5, 0.6) is 0 Å². The van der Waals surface area contributed by atoms with Crippen LogP contribution in [0.25, 0.3) is 0 Å². The second-order valence-electron chi connectivity index (χ2n) is 4.41. The van der Waals surface area contributed by atoms with E-state index < -0.39 is 10.2 Å². The maximum absolute atomic E-state index is 11.7. The summed E-state index contributed by atoms with van der Waals surface area (Å²) in [4.78, 5) is 0. The van der Waals surface area contributed by atoms with Gasteiger partial charge in [-0.25, -0.2) is 0 Å². The molecule has 0 aromatic heterocycles.